The second kappa shape index (κ2) is 8.70. The quantitative estimate of drug-likeness (QED) is 0.493. The van der Waals surface area contributed by atoms with Crippen molar-refractivity contribution < 1.29 is 14.1 Å². The molecule has 0 atom stereocenters. The summed E-state index contributed by atoms with van der Waals surface area (Å²) in [6.45, 7) is 0.434. The smallest absolute Gasteiger partial charge is 0.345 e. The zero-order chi connectivity index (χ0) is 21.8. The zero-order valence-electron chi connectivity index (χ0n) is 17.1. The highest BCUT2D eigenvalue weighted by Crippen LogP contribution is 2.20. The van der Waals surface area contributed by atoms with Crippen LogP contribution in [0.15, 0.2) is 70.0 Å². The molecule has 2 aromatic heterocycles. The summed E-state index contributed by atoms with van der Waals surface area (Å²) < 4.78 is 13.2. The third kappa shape index (κ3) is 4.25. The van der Waals surface area contributed by atoms with Gasteiger partial charge in [0.15, 0.2) is 17.3 Å². The number of carbonyl (C=O) groups is 1. The number of nitrogens with one attached hydrogen (secondary N) is 1. The normalized spacial score (nSPS) is 10.8. The van der Waals surface area contributed by atoms with E-state index in [1.807, 2.05) is 42.5 Å². The number of amides is 1. The highest BCUT2D eigenvalue weighted by molar-refractivity contribution is 5.93. The summed E-state index contributed by atoms with van der Waals surface area (Å²) in [6, 6.07) is 18.3. The number of ether oxygens (including phenoxy) is 1. The fourth-order valence-electron chi connectivity index (χ4n) is 3.11. The Kier molecular flexibility index (Phi) is 5.65. The monoisotopic (exact) mass is 419 g/mol. The average molecular weight is 419 g/mol. The van der Waals surface area contributed by atoms with Gasteiger partial charge in [0.2, 0.25) is 0 Å². The fraction of sp³-hybridized carbons (Fsp3) is 0.182. The van der Waals surface area contributed by atoms with Crippen molar-refractivity contribution in [3.05, 3.63) is 76.8 Å². The minimum atomic E-state index is -0.384. The van der Waals surface area contributed by atoms with Crippen molar-refractivity contribution in [1.29, 1.82) is 0 Å². The number of aromatic nitrogens is 4. The predicted octanol–water partition coefficient (Wildman–Crippen LogP) is 2.34. The molecule has 158 valence electrons. The van der Waals surface area contributed by atoms with Crippen molar-refractivity contribution in [3.63, 3.8) is 0 Å². The number of methoxy groups -OCH3 is 1. The Hall–Kier alpha value is -4.14. The number of carbonyl (C=O) groups excluding carboxylic acids is 1. The van der Waals surface area contributed by atoms with Crippen LogP contribution >= 0.6 is 0 Å². The first-order chi connectivity index (χ1) is 15.1. The molecule has 1 N–H and O–H groups in total. The molecule has 2 aromatic carbocycles. The lowest BCUT2D eigenvalue weighted by atomic mass is 10.1. The minimum Gasteiger partial charge on any atom is -0.497 e. The lowest BCUT2D eigenvalue weighted by Crippen LogP contribution is -2.31. The van der Waals surface area contributed by atoms with Gasteiger partial charge in [0.05, 0.1) is 13.7 Å². The summed E-state index contributed by atoms with van der Waals surface area (Å²) in [5.41, 5.74) is 1.53. The first-order valence-corrected chi connectivity index (χ1v) is 9.65. The van der Waals surface area contributed by atoms with Gasteiger partial charge in [-0.15, -0.1) is 5.10 Å². The molecule has 2 heterocycles. The van der Waals surface area contributed by atoms with Crippen molar-refractivity contribution in [2.24, 2.45) is 7.05 Å². The van der Waals surface area contributed by atoms with Crippen molar-refractivity contribution >= 4 is 5.91 Å². The Labute approximate surface area is 177 Å². The first kappa shape index (κ1) is 20.1. The molecule has 0 saturated heterocycles. The summed E-state index contributed by atoms with van der Waals surface area (Å²) in [5.74, 6) is 1.38. The van der Waals surface area contributed by atoms with Crippen LogP contribution in [0, 0.1) is 0 Å². The number of hydrogen-bond acceptors (Lipinski definition) is 6. The third-order valence-electron chi connectivity index (χ3n) is 4.80. The summed E-state index contributed by atoms with van der Waals surface area (Å²) in [6.07, 6.45) is 0. The predicted molar refractivity (Wildman–Crippen MR) is 114 cm³/mol. The van der Waals surface area contributed by atoms with Crippen LogP contribution in [0.25, 0.3) is 22.7 Å². The van der Waals surface area contributed by atoms with Crippen LogP contribution in [-0.4, -0.2) is 39.1 Å². The van der Waals surface area contributed by atoms with E-state index in [1.165, 1.54) is 9.25 Å². The van der Waals surface area contributed by atoms with Crippen molar-refractivity contribution in [1.82, 2.24) is 24.8 Å². The molecule has 31 heavy (non-hydrogen) atoms. The topological polar surface area (TPSA) is 104 Å². The van der Waals surface area contributed by atoms with E-state index in [4.69, 9.17) is 9.26 Å². The molecular weight excluding hydrogens is 398 g/mol. The molecule has 0 spiro atoms. The molecule has 0 bridgehead atoms. The largest absolute Gasteiger partial charge is 0.497 e. The van der Waals surface area contributed by atoms with Crippen LogP contribution in [0.5, 0.6) is 5.75 Å². The molecular formula is C22H21N5O4. The van der Waals surface area contributed by atoms with Crippen molar-refractivity contribution in [3.8, 4) is 28.5 Å². The lowest BCUT2D eigenvalue weighted by molar-refractivity contribution is 0.0943. The number of hydrogen-bond donors (Lipinski definition) is 1. The number of benzene rings is 2. The van der Waals surface area contributed by atoms with Gasteiger partial charge < -0.3 is 14.6 Å². The van der Waals surface area contributed by atoms with Gasteiger partial charge in [-0.2, -0.15) is 0 Å². The number of nitrogens with zero attached hydrogens (tertiary/aromatic N) is 4. The van der Waals surface area contributed by atoms with Crippen LogP contribution < -0.4 is 15.7 Å². The Morgan fingerprint density at radius 3 is 2.55 bits per heavy atom. The molecule has 0 aliphatic heterocycles. The molecule has 0 radical (unpaired) electrons. The van der Waals surface area contributed by atoms with Gasteiger partial charge in [-0.05, 0) is 24.3 Å². The Morgan fingerprint density at radius 1 is 1.10 bits per heavy atom. The molecule has 1 amide bonds. The van der Waals surface area contributed by atoms with Gasteiger partial charge in [-0.25, -0.2) is 9.48 Å². The van der Waals surface area contributed by atoms with E-state index in [2.05, 4.69) is 15.6 Å². The van der Waals surface area contributed by atoms with Gasteiger partial charge in [0.25, 0.3) is 5.91 Å². The van der Waals surface area contributed by atoms with Gasteiger partial charge in [-0.3, -0.25) is 9.36 Å². The second-order valence-electron chi connectivity index (χ2n) is 6.82. The summed E-state index contributed by atoms with van der Waals surface area (Å²) in [7, 11) is 3.25. The maximum atomic E-state index is 12.5. The number of rotatable bonds is 7. The fourth-order valence-corrected chi connectivity index (χ4v) is 3.11. The highest BCUT2D eigenvalue weighted by atomic mass is 16.5. The van der Waals surface area contributed by atoms with E-state index >= 15 is 0 Å². The summed E-state index contributed by atoms with van der Waals surface area (Å²) in [5, 5.41) is 10.9. The molecule has 4 aromatic rings. The maximum Gasteiger partial charge on any atom is 0.345 e. The van der Waals surface area contributed by atoms with E-state index in [1.54, 1.807) is 32.4 Å². The molecule has 0 saturated carbocycles. The molecule has 0 unspecified atom stereocenters. The third-order valence-corrected chi connectivity index (χ3v) is 4.80. The van der Waals surface area contributed by atoms with Crippen LogP contribution in [0.4, 0.5) is 0 Å². The average Bonchev–Trinajstić information content (AvgIpc) is 3.41. The van der Waals surface area contributed by atoms with E-state index in [0.717, 1.165) is 16.9 Å². The maximum absolute atomic E-state index is 12.5. The van der Waals surface area contributed by atoms with E-state index < -0.39 is 0 Å². The van der Waals surface area contributed by atoms with Gasteiger partial charge in [0, 0.05) is 30.8 Å². The molecule has 0 fully saturated rings. The Balaban J connectivity index is 1.40. The molecule has 9 heteroatoms. The van der Waals surface area contributed by atoms with Crippen LogP contribution in [0.2, 0.25) is 0 Å². The standard InChI is InChI=1S/C22H21N5O4/c1-26-20(16-8-10-17(30-2)11-9-16)24-27(22(26)29)13-12-23-21(28)18-14-19(31-25-18)15-6-4-3-5-7-15/h3-11,14H,12-13H2,1-2H3,(H,23,28). The Bertz CT molecular complexity index is 1240. The second-order valence-corrected chi connectivity index (χ2v) is 6.82. The molecule has 4 rings (SSSR count). The van der Waals surface area contributed by atoms with Crippen molar-refractivity contribution in [2.45, 2.75) is 6.54 Å². The van der Waals surface area contributed by atoms with Crippen molar-refractivity contribution in [2.75, 3.05) is 13.7 Å². The van der Waals surface area contributed by atoms with Gasteiger partial charge in [-0.1, -0.05) is 35.5 Å². The van der Waals surface area contributed by atoms with E-state index in [9.17, 15) is 9.59 Å². The Morgan fingerprint density at radius 2 is 1.84 bits per heavy atom. The summed E-state index contributed by atoms with van der Waals surface area (Å²) in [4.78, 5) is 24.9. The highest BCUT2D eigenvalue weighted by Gasteiger charge is 2.15. The van der Waals surface area contributed by atoms with E-state index in [0.29, 0.717) is 11.6 Å². The first-order valence-electron chi connectivity index (χ1n) is 9.65. The molecule has 9 nitrogen and oxygen atoms in total. The van der Waals surface area contributed by atoms with E-state index in [-0.39, 0.29) is 30.4 Å². The molecule has 0 aliphatic carbocycles. The SMILES string of the molecule is COc1ccc(-c2nn(CCNC(=O)c3cc(-c4ccccc4)on3)c(=O)n2C)cc1. The van der Waals surface area contributed by atoms with Crippen LogP contribution in [-0.2, 0) is 13.6 Å². The lowest BCUT2D eigenvalue weighted by Gasteiger charge is -2.02. The summed E-state index contributed by atoms with van der Waals surface area (Å²) >= 11 is 0. The van der Waals surface area contributed by atoms with Gasteiger partial charge in [0.1, 0.15) is 5.75 Å². The van der Waals surface area contributed by atoms with Gasteiger partial charge >= 0.3 is 5.69 Å². The molecule has 0 aliphatic rings. The zero-order valence-corrected chi connectivity index (χ0v) is 17.1. The minimum absolute atomic E-state index is 0.172. The van der Waals surface area contributed by atoms with Crippen LogP contribution in [0.1, 0.15) is 10.5 Å². The van der Waals surface area contributed by atoms with Crippen LogP contribution in [0.3, 0.4) is 0 Å².